The van der Waals surface area contributed by atoms with Crippen LogP contribution >= 0.6 is 0 Å². The quantitative estimate of drug-likeness (QED) is 0.228. The highest BCUT2D eigenvalue weighted by Crippen LogP contribution is 2.24. The Kier molecular flexibility index (Phi) is 11.8. The molecule has 0 aliphatic carbocycles. The summed E-state index contributed by atoms with van der Waals surface area (Å²) in [4.78, 5) is 25.2. The number of aliphatic hydroxyl groups excluding tert-OH is 1. The van der Waals surface area contributed by atoms with Gasteiger partial charge in [-0.3, -0.25) is 9.59 Å². The van der Waals surface area contributed by atoms with Crippen molar-refractivity contribution in [3.05, 3.63) is 70.8 Å². The molecule has 0 aromatic heterocycles. The Morgan fingerprint density at radius 3 is 2.31 bits per heavy atom. The molecule has 2 aromatic carbocycles. The largest absolute Gasteiger partial charge is 0.391 e. The maximum Gasteiger partial charge on any atom is 0.232 e. The Balaban J connectivity index is 2.19. The van der Waals surface area contributed by atoms with Gasteiger partial charge in [0.05, 0.1) is 6.10 Å². The van der Waals surface area contributed by atoms with Gasteiger partial charge in [0.2, 0.25) is 11.8 Å². The van der Waals surface area contributed by atoms with Crippen molar-refractivity contribution in [2.75, 3.05) is 13.1 Å². The maximum atomic E-state index is 13.8. The van der Waals surface area contributed by atoms with E-state index in [9.17, 15) is 23.5 Å². The van der Waals surface area contributed by atoms with Gasteiger partial charge in [-0.2, -0.15) is 0 Å². The van der Waals surface area contributed by atoms with E-state index < -0.39 is 41.4 Å². The summed E-state index contributed by atoms with van der Waals surface area (Å²) in [5.74, 6) is -5.37. The van der Waals surface area contributed by atoms with Crippen molar-refractivity contribution in [1.29, 1.82) is 0 Å². The first-order valence-corrected chi connectivity index (χ1v) is 12.2. The number of primary amides is 1. The number of carbonyl (C=O) groups excluding carboxylic acids is 2. The zero-order chi connectivity index (χ0) is 25.8. The highest BCUT2D eigenvalue weighted by Gasteiger charge is 2.37. The summed E-state index contributed by atoms with van der Waals surface area (Å²) < 4.78 is 27.6. The topological polar surface area (TPSA) is 104 Å². The summed E-state index contributed by atoms with van der Waals surface area (Å²) >= 11 is 0. The molecule has 2 rings (SSSR count). The zero-order valence-corrected chi connectivity index (χ0v) is 20.5. The lowest BCUT2D eigenvalue weighted by atomic mass is 9.81. The van der Waals surface area contributed by atoms with Gasteiger partial charge in [-0.25, -0.2) is 8.78 Å². The van der Waals surface area contributed by atoms with Crippen molar-refractivity contribution in [2.24, 2.45) is 17.6 Å². The number of aryl methyl sites for hydroxylation is 1. The van der Waals surface area contributed by atoms with Gasteiger partial charge in [-0.15, -0.1) is 0 Å². The van der Waals surface area contributed by atoms with Crippen LogP contribution in [-0.4, -0.2) is 36.1 Å². The lowest BCUT2D eigenvalue weighted by molar-refractivity contribution is -0.138. The second-order valence-corrected chi connectivity index (χ2v) is 8.90. The number of hydrogen-bond donors (Lipinski definition) is 4. The summed E-state index contributed by atoms with van der Waals surface area (Å²) in [6.07, 6.45) is 2.26. The van der Waals surface area contributed by atoms with E-state index in [1.165, 1.54) is 5.56 Å². The zero-order valence-electron chi connectivity index (χ0n) is 20.5. The van der Waals surface area contributed by atoms with Crippen molar-refractivity contribution >= 4 is 11.8 Å². The minimum atomic E-state index is -1.36. The fraction of sp³-hybridized carbons (Fsp3) is 0.481. The van der Waals surface area contributed by atoms with Crippen LogP contribution in [0.25, 0.3) is 0 Å². The Hall–Kier alpha value is -2.84. The Labute approximate surface area is 206 Å². The van der Waals surface area contributed by atoms with E-state index >= 15 is 0 Å². The smallest absolute Gasteiger partial charge is 0.232 e. The highest BCUT2D eigenvalue weighted by molar-refractivity contribution is 6.00. The number of carbonyl (C=O) groups is 2. The van der Waals surface area contributed by atoms with Crippen molar-refractivity contribution in [2.45, 2.75) is 58.6 Å². The van der Waals surface area contributed by atoms with Gasteiger partial charge in [0.25, 0.3) is 0 Å². The van der Waals surface area contributed by atoms with Crippen LogP contribution in [0.3, 0.4) is 0 Å². The van der Waals surface area contributed by atoms with Crippen LogP contribution < -0.4 is 16.4 Å². The van der Waals surface area contributed by atoms with Crippen LogP contribution in [0.2, 0.25) is 0 Å². The van der Waals surface area contributed by atoms with Gasteiger partial charge < -0.3 is 21.5 Å². The van der Waals surface area contributed by atoms with Crippen molar-refractivity contribution in [3.8, 4) is 0 Å². The summed E-state index contributed by atoms with van der Waals surface area (Å²) in [6, 6.07) is 11.0. The minimum Gasteiger partial charge on any atom is -0.391 e. The average molecular weight is 490 g/mol. The fourth-order valence-electron chi connectivity index (χ4n) is 4.18. The third-order valence-corrected chi connectivity index (χ3v) is 6.07. The van der Waals surface area contributed by atoms with Gasteiger partial charge in [-0.05, 0) is 48.1 Å². The monoisotopic (exact) mass is 489 g/mol. The molecule has 0 radical (unpaired) electrons. The standard InChI is InChI=1S/C27H37F2N3O3/c1-3-5-6-10-32-27(35)25(26(30)34)23(14-20-12-21(28)15-22(29)13-20)24(33)17-31-16-19-9-7-8-18(4-2)11-19/h7-9,11-13,15,23-25,31,33H,3-6,10,14,16-17H2,1-2H3,(H2,30,34)(H,32,35)/t23-,24+,25?/m1/s1. The predicted molar refractivity (Wildman–Crippen MR) is 132 cm³/mol. The molecule has 0 fully saturated rings. The van der Waals surface area contributed by atoms with E-state index in [0.717, 1.165) is 49.4 Å². The van der Waals surface area contributed by atoms with Crippen LogP contribution in [0, 0.1) is 23.5 Å². The molecule has 8 heteroatoms. The Morgan fingerprint density at radius 1 is 1.00 bits per heavy atom. The number of rotatable bonds is 15. The normalized spacial score (nSPS) is 13.7. The Morgan fingerprint density at radius 2 is 1.69 bits per heavy atom. The summed E-state index contributed by atoms with van der Waals surface area (Å²) in [7, 11) is 0. The first-order valence-electron chi connectivity index (χ1n) is 12.2. The number of unbranched alkanes of at least 4 members (excludes halogenated alkanes) is 2. The molecule has 0 heterocycles. The number of halogens is 2. The van der Waals surface area contributed by atoms with Crippen LogP contribution in [0.5, 0.6) is 0 Å². The molecule has 6 nitrogen and oxygen atoms in total. The molecule has 0 bridgehead atoms. The van der Waals surface area contributed by atoms with Crippen LogP contribution in [0.15, 0.2) is 42.5 Å². The van der Waals surface area contributed by atoms with Gasteiger partial charge in [0, 0.05) is 31.6 Å². The summed E-state index contributed by atoms with van der Waals surface area (Å²) in [5, 5.41) is 16.9. The van der Waals surface area contributed by atoms with Crippen LogP contribution in [0.4, 0.5) is 8.78 Å². The second kappa shape index (κ2) is 14.5. The molecule has 3 atom stereocenters. The summed E-state index contributed by atoms with van der Waals surface area (Å²) in [6.45, 7) is 5.00. The van der Waals surface area contributed by atoms with Crippen molar-refractivity contribution in [1.82, 2.24) is 10.6 Å². The van der Waals surface area contributed by atoms with Crippen molar-refractivity contribution < 1.29 is 23.5 Å². The van der Waals surface area contributed by atoms with E-state index in [2.05, 4.69) is 23.6 Å². The van der Waals surface area contributed by atoms with Gasteiger partial charge in [-0.1, -0.05) is 51.0 Å². The number of amides is 2. The molecule has 2 amide bonds. The average Bonchev–Trinajstić information content (AvgIpc) is 2.80. The first-order chi connectivity index (χ1) is 16.7. The molecule has 0 aliphatic rings. The maximum absolute atomic E-state index is 13.8. The number of hydrogen-bond acceptors (Lipinski definition) is 4. The molecule has 35 heavy (non-hydrogen) atoms. The molecular weight excluding hydrogens is 452 g/mol. The molecule has 1 unspecified atom stereocenters. The fourth-order valence-corrected chi connectivity index (χ4v) is 4.18. The molecule has 0 spiro atoms. The van der Waals surface area contributed by atoms with Gasteiger partial charge in [0.1, 0.15) is 17.6 Å². The number of nitrogens with two attached hydrogens (primary N) is 1. The van der Waals surface area contributed by atoms with Crippen LogP contribution in [0.1, 0.15) is 49.8 Å². The third-order valence-electron chi connectivity index (χ3n) is 6.07. The second-order valence-electron chi connectivity index (χ2n) is 8.90. The molecule has 5 N–H and O–H groups in total. The van der Waals surface area contributed by atoms with Crippen LogP contribution in [-0.2, 0) is 29.0 Å². The van der Waals surface area contributed by atoms with E-state index in [4.69, 9.17) is 5.73 Å². The number of aliphatic hydroxyl groups is 1. The molecule has 0 saturated heterocycles. The SMILES string of the molecule is CCCCCNC(=O)C(C(N)=O)[C@H](Cc1cc(F)cc(F)c1)[C@@H](O)CNCc1cccc(CC)c1. The van der Waals surface area contributed by atoms with Gasteiger partial charge in [0.15, 0.2) is 0 Å². The number of nitrogens with one attached hydrogen (secondary N) is 2. The lowest BCUT2D eigenvalue weighted by Crippen LogP contribution is -2.49. The molecule has 2 aromatic rings. The molecular formula is C27H37F2N3O3. The van der Waals surface area contributed by atoms with Gasteiger partial charge >= 0.3 is 0 Å². The first kappa shape index (κ1) is 28.4. The molecule has 192 valence electrons. The van der Waals surface area contributed by atoms with E-state index in [1.54, 1.807) is 0 Å². The van der Waals surface area contributed by atoms with E-state index in [0.29, 0.717) is 13.1 Å². The van der Waals surface area contributed by atoms with E-state index in [1.807, 2.05) is 25.1 Å². The lowest BCUT2D eigenvalue weighted by Gasteiger charge is -2.29. The predicted octanol–water partition coefficient (Wildman–Crippen LogP) is 3.24. The highest BCUT2D eigenvalue weighted by atomic mass is 19.1. The molecule has 0 aliphatic heterocycles. The molecule has 0 saturated carbocycles. The summed E-state index contributed by atoms with van der Waals surface area (Å²) in [5.41, 5.74) is 8.03. The van der Waals surface area contributed by atoms with Crippen molar-refractivity contribution in [3.63, 3.8) is 0 Å². The van der Waals surface area contributed by atoms with E-state index in [-0.39, 0.29) is 18.5 Å². The Bertz CT molecular complexity index is 950. The third kappa shape index (κ3) is 9.38. The number of benzene rings is 2. The minimum absolute atomic E-state index is 0.0612.